The highest BCUT2D eigenvalue weighted by atomic mass is 127. The van der Waals surface area contributed by atoms with Gasteiger partial charge in [-0.05, 0) is 0 Å². The third-order valence-corrected chi connectivity index (χ3v) is 2.41. The minimum Gasteiger partial charge on any atom is -1.00 e. The van der Waals surface area contributed by atoms with Gasteiger partial charge in [0.2, 0.25) is 0 Å². The average Bonchev–Trinajstić information content (AvgIpc) is 2.05. The van der Waals surface area contributed by atoms with E-state index in [9.17, 15) is 5.11 Å². The number of quaternary nitrogens is 1. The van der Waals surface area contributed by atoms with Crippen LogP contribution in [0.1, 0.15) is 0 Å². The molecule has 2 N–H and O–H groups in total. The Morgan fingerprint density at radius 1 is 1.38 bits per heavy atom. The maximum Gasteiger partial charge on any atom is 0.126 e. The zero-order valence-corrected chi connectivity index (χ0v) is 10.1. The van der Waals surface area contributed by atoms with E-state index in [1.807, 2.05) is 0 Å². The van der Waals surface area contributed by atoms with Gasteiger partial charge in [0, 0.05) is 0 Å². The topological polar surface area (TPSA) is 49.7 Å². The smallest absolute Gasteiger partial charge is 0.126 e. The van der Waals surface area contributed by atoms with Crippen molar-refractivity contribution in [2.75, 3.05) is 46.5 Å². The summed E-state index contributed by atoms with van der Waals surface area (Å²) in [5.74, 6) is 0. The van der Waals surface area contributed by atoms with Crippen LogP contribution in [-0.2, 0) is 4.74 Å². The molecule has 5 heteroatoms. The number of hydrogen-bond acceptors (Lipinski definition) is 3. The highest BCUT2D eigenvalue weighted by molar-refractivity contribution is 4.54. The van der Waals surface area contributed by atoms with Crippen LogP contribution in [0.25, 0.3) is 0 Å². The second-order valence-corrected chi connectivity index (χ2v) is 3.70. The number of rotatable bonds is 3. The van der Waals surface area contributed by atoms with E-state index in [1.165, 1.54) is 0 Å². The lowest BCUT2D eigenvalue weighted by molar-refractivity contribution is -0.919. The van der Waals surface area contributed by atoms with Crippen LogP contribution in [0.5, 0.6) is 0 Å². The van der Waals surface area contributed by atoms with Gasteiger partial charge in [0.1, 0.15) is 25.7 Å². The van der Waals surface area contributed by atoms with E-state index in [0.29, 0.717) is 6.54 Å². The van der Waals surface area contributed by atoms with Crippen LogP contribution >= 0.6 is 0 Å². The lowest BCUT2D eigenvalue weighted by atomic mass is 10.2. The Bertz CT molecular complexity index is 139. The second kappa shape index (κ2) is 6.13. The van der Waals surface area contributed by atoms with Gasteiger partial charge < -0.3 is 43.4 Å². The van der Waals surface area contributed by atoms with Gasteiger partial charge in [0.25, 0.3) is 0 Å². The summed E-state index contributed by atoms with van der Waals surface area (Å²) in [4.78, 5) is 0. The molecule has 0 bridgehead atoms. The van der Waals surface area contributed by atoms with Crippen molar-refractivity contribution < 1.29 is 43.4 Å². The Labute approximate surface area is 96.1 Å². The van der Waals surface area contributed by atoms with Crippen LogP contribution in [0.15, 0.2) is 0 Å². The molecule has 0 spiro atoms. The Balaban J connectivity index is 0.00000144. The first-order chi connectivity index (χ1) is 5.66. The largest absolute Gasteiger partial charge is 1.00 e. The third kappa shape index (κ3) is 4.55. The molecule has 0 aromatic rings. The van der Waals surface area contributed by atoms with Crippen LogP contribution in [0.3, 0.4) is 0 Å². The first-order valence-corrected chi connectivity index (χ1v) is 4.36. The van der Waals surface area contributed by atoms with Gasteiger partial charge >= 0.3 is 0 Å². The summed E-state index contributed by atoms with van der Waals surface area (Å²) >= 11 is 0. The van der Waals surface area contributed by atoms with E-state index >= 15 is 0 Å². The predicted molar refractivity (Wildman–Crippen MR) is 44.7 cm³/mol. The molecule has 0 aliphatic carbocycles. The van der Waals surface area contributed by atoms with Crippen molar-refractivity contribution in [3.63, 3.8) is 0 Å². The summed E-state index contributed by atoms with van der Waals surface area (Å²) < 4.78 is 6.03. The summed E-state index contributed by atoms with van der Waals surface area (Å²) in [6, 6.07) is 0. The maximum atomic E-state index is 9.27. The Kier molecular flexibility index (Phi) is 6.40. The summed E-state index contributed by atoms with van der Waals surface area (Å²) in [7, 11) is 2.08. The monoisotopic (exact) mass is 303 g/mol. The average molecular weight is 303 g/mol. The van der Waals surface area contributed by atoms with Gasteiger partial charge in [-0.1, -0.05) is 0 Å². The highest BCUT2D eigenvalue weighted by Gasteiger charge is 2.27. The van der Waals surface area contributed by atoms with Gasteiger partial charge in [-0.15, -0.1) is 0 Å². The molecule has 4 nitrogen and oxygen atoms in total. The highest BCUT2D eigenvalue weighted by Crippen LogP contribution is 2.08. The molecule has 80 valence electrons. The summed E-state index contributed by atoms with van der Waals surface area (Å²) in [6.07, 6.45) is -0.590. The fourth-order valence-electron chi connectivity index (χ4n) is 1.53. The SMILES string of the molecule is C[N+]1(CC(O)CO)CCOCC1.[I-]. The predicted octanol–water partition coefficient (Wildman–Crippen LogP) is -4.18. The number of likely N-dealkylation sites (N-methyl/N-ethyl adjacent to an activating group) is 1. The van der Waals surface area contributed by atoms with Crippen molar-refractivity contribution in [2.24, 2.45) is 0 Å². The minimum absolute atomic E-state index is 0. The van der Waals surface area contributed by atoms with Gasteiger partial charge in [-0.25, -0.2) is 0 Å². The Morgan fingerprint density at radius 3 is 2.38 bits per heavy atom. The van der Waals surface area contributed by atoms with Gasteiger partial charge in [0.15, 0.2) is 0 Å². The van der Waals surface area contributed by atoms with Gasteiger partial charge in [-0.3, -0.25) is 0 Å². The van der Waals surface area contributed by atoms with Crippen LogP contribution in [-0.4, -0.2) is 67.3 Å². The maximum absolute atomic E-state index is 9.27. The molecule has 1 unspecified atom stereocenters. The van der Waals surface area contributed by atoms with E-state index in [0.717, 1.165) is 30.8 Å². The molecule has 1 heterocycles. The fraction of sp³-hybridized carbons (Fsp3) is 1.00. The number of aliphatic hydroxyl groups excluding tert-OH is 2. The molecule has 1 aliphatic rings. The number of hydrogen-bond donors (Lipinski definition) is 2. The molecule has 0 aromatic heterocycles. The summed E-state index contributed by atoms with van der Waals surface area (Å²) in [5, 5.41) is 18.0. The van der Waals surface area contributed by atoms with E-state index in [2.05, 4.69) is 7.05 Å². The van der Waals surface area contributed by atoms with Crippen LogP contribution in [0.2, 0.25) is 0 Å². The quantitative estimate of drug-likeness (QED) is 0.411. The van der Waals surface area contributed by atoms with Crippen molar-refractivity contribution in [3.05, 3.63) is 0 Å². The van der Waals surface area contributed by atoms with Crippen molar-refractivity contribution in [1.82, 2.24) is 0 Å². The Morgan fingerprint density at radius 2 is 1.92 bits per heavy atom. The molecule has 1 fully saturated rings. The first kappa shape index (κ1) is 13.6. The van der Waals surface area contributed by atoms with Crippen LogP contribution in [0.4, 0.5) is 0 Å². The zero-order chi connectivity index (χ0) is 9.03. The number of ether oxygens (including phenoxy) is 1. The van der Waals surface area contributed by atoms with E-state index in [1.54, 1.807) is 0 Å². The molecule has 0 saturated carbocycles. The molecule has 1 saturated heterocycles. The van der Waals surface area contributed by atoms with Crippen LogP contribution in [0, 0.1) is 0 Å². The number of nitrogens with zero attached hydrogens (tertiary/aromatic N) is 1. The van der Waals surface area contributed by atoms with Crippen LogP contribution < -0.4 is 24.0 Å². The standard InChI is InChI=1S/C8H18NO3.HI/c1-9(6-8(11)7-10)2-4-12-5-3-9;/h8,10-11H,2-7H2,1H3;1H/q+1;/p-1. The minimum atomic E-state index is -0.590. The van der Waals surface area contributed by atoms with E-state index in [4.69, 9.17) is 9.84 Å². The van der Waals surface area contributed by atoms with Gasteiger partial charge in [0.05, 0.1) is 26.9 Å². The van der Waals surface area contributed by atoms with Gasteiger partial charge in [-0.2, -0.15) is 0 Å². The summed E-state index contributed by atoms with van der Waals surface area (Å²) in [6.45, 7) is 3.85. The number of morpholine rings is 1. The zero-order valence-electron chi connectivity index (χ0n) is 7.95. The van der Waals surface area contributed by atoms with Crippen molar-refractivity contribution in [1.29, 1.82) is 0 Å². The third-order valence-electron chi connectivity index (χ3n) is 2.41. The molecular formula is C8H18INO3. The molecule has 1 rings (SSSR count). The molecular weight excluding hydrogens is 285 g/mol. The number of aliphatic hydroxyl groups is 2. The molecule has 0 radical (unpaired) electrons. The molecule has 0 amide bonds. The number of halogens is 1. The first-order valence-electron chi connectivity index (χ1n) is 4.36. The molecule has 1 aliphatic heterocycles. The molecule has 1 atom stereocenters. The fourth-order valence-corrected chi connectivity index (χ4v) is 1.53. The Hall–Kier alpha value is 0.570. The van der Waals surface area contributed by atoms with E-state index in [-0.39, 0.29) is 30.6 Å². The summed E-state index contributed by atoms with van der Waals surface area (Å²) in [5.41, 5.74) is 0. The van der Waals surface area contributed by atoms with Crippen molar-refractivity contribution >= 4 is 0 Å². The van der Waals surface area contributed by atoms with Crippen molar-refractivity contribution in [2.45, 2.75) is 6.10 Å². The lowest BCUT2D eigenvalue weighted by Gasteiger charge is -2.38. The molecule has 0 aromatic carbocycles. The molecule has 13 heavy (non-hydrogen) atoms. The lowest BCUT2D eigenvalue weighted by Crippen LogP contribution is -3.00. The van der Waals surface area contributed by atoms with E-state index < -0.39 is 6.10 Å². The normalized spacial score (nSPS) is 23.3. The van der Waals surface area contributed by atoms with Crippen molar-refractivity contribution in [3.8, 4) is 0 Å². The second-order valence-electron chi connectivity index (χ2n) is 3.70.